The van der Waals surface area contributed by atoms with E-state index in [1.54, 1.807) is 28.8 Å². The largest absolute Gasteiger partial charge is 0.490 e. The number of thiophene rings is 1. The molecule has 9 nitrogen and oxygen atoms in total. The summed E-state index contributed by atoms with van der Waals surface area (Å²) in [5, 5.41) is 5.97. The van der Waals surface area contributed by atoms with Crippen LogP contribution in [-0.2, 0) is 28.5 Å². The smallest absolute Gasteiger partial charge is 0.302 e. The first-order chi connectivity index (χ1) is 23.9. The van der Waals surface area contributed by atoms with Crippen LogP contribution < -0.4 is 4.74 Å². The number of ether oxygens (including phenoxy) is 2. The van der Waals surface area contributed by atoms with Crippen LogP contribution >= 0.6 is 11.3 Å². The van der Waals surface area contributed by atoms with E-state index in [9.17, 15) is 18.0 Å². The Morgan fingerprint density at radius 1 is 1.10 bits per heavy atom. The Hall–Kier alpha value is -4.73. The molecule has 0 saturated heterocycles. The van der Waals surface area contributed by atoms with E-state index in [-0.39, 0.29) is 81.0 Å². The highest BCUT2D eigenvalue weighted by molar-refractivity contribution is 7.17. The minimum Gasteiger partial charge on any atom is -0.490 e. The number of hydrogen-bond acceptors (Lipinski definition) is 8. The maximum absolute atomic E-state index is 16.2. The van der Waals surface area contributed by atoms with E-state index in [4.69, 9.17) is 19.6 Å². The van der Waals surface area contributed by atoms with Gasteiger partial charge in [-0.1, -0.05) is 6.58 Å². The first-order valence-electron chi connectivity index (χ1n) is 15.7. The van der Waals surface area contributed by atoms with Crippen molar-refractivity contribution >= 4 is 27.3 Å². The molecule has 7 rings (SSSR count). The molecule has 0 spiro atoms. The van der Waals surface area contributed by atoms with E-state index in [0.29, 0.717) is 30.4 Å². The van der Waals surface area contributed by atoms with Crippen molar-refractivity contribution < 1.29 is 36.2 Å². The lowest BCUT2D eigenvalue weighted by Gasteiger charge is -2.33. The third kappa shape index (κ3) is 5.72. The minimum absolute atomic E-state index is 0.0303. The second kappa shape index (κ2) is 12.9. The zero-order valence-electron chi connectivity index (χ0n) is 27.3. The summed E-state index contributed by atoms with van der Waals surface area (Å²) >= 11 is 0.996. The molecule has 0 radical (unpaired) electrons. The number of rotatable bonds is 8. The summed E-state index contributed by atoms with van der Waals surface area (Å²) in [5.74, 6) is -6.30. The number of hydrogen-bond donors (Lipinski definition) is 0. The van der Waals surface area contributed by atoms with Crippen molar-refractivity contribution in [2.75, 3.05) is 40.5 Å². The topological polar surface area (TPSA) is 85.6 Å². The molecule has 0 unspecified atom stereocenters. The van der Waals surface area contributed by atoms with Crippen molar-refractivity contribution in [2.24, 2.45) is 0 Å². The van der Waals surface area contributed by atoms with Gasteiger partial charge in [0.2, 0.25) is 5.91 Å². The fraction of sp³-hybridized carbons (Fsp3) is 0.314. The fourth-order valence-electron chi connectivity index (χ4n) is 6.73. The maximum atomic E-state index is 16.2. The molecule has 1 atom stereocenters. The molecule has 1 amide bonds. The van der Waals surface area contributed by atoms with Crippen molar-refractivity contribution in [1.29, 1.82) is 0 Å². The SMILES string of the molecule is C=CC(=O)N1CCn2nc(-c3nc(-c4cnc5c(c4)CN(C)CC5(F)F)c4scc(F)c4c3-c3c(F)cc(F)cc3OCCOC)cc2[C@H]1C. The third-order valence-corrected chi connectivity index (χ3v) is 9.90. The first kappa shape index (κ1) is 33.8. The van der Waals surface area contributed by atoms with Gasteiger partial charge in [0.1, 0.15) is 46.9 Å². The Bertz CT molecular complexity index is 2170. The standard InChI is InChI=1S/C35H31F5N6O3S/c1-5-27(47)45-6-7-46-25(18(45)2)13-24(43-46)32-30(28-22(37)11-21(36)12-26(28)49-9-8-48-4)29-23(38)16-50-33(29)31(42-32)19-10-20-15-44(3)17-35(39,40)34(20)41-14-19/h5,10-14,16,18H,1,6-9,15,17H2,2-4H3/t18-/m1/s1. The van der Waals surface area contributed by atoms with Crippen LogP contribution in [0, 0.1) is 17.5 Å². The van der Waals surface area contributed by atoms with Gasteiger partial charge in [-0.2, -0.15) is 13.9 Å². The Morgan fingerprint density at radius 2 is 1.90 bits per heavy atom. The highest BCUT2D eigenvalue weighted by atomic mass is 32.1. The predicted octanol–water partition coefficient (Wildman–Crippen LogP) is 6.96. The number of likely N-dealkylation sites (N-methyl/N-ethyl adjacent to an activating group) is 1. The third-order valence-electron chi connectivity index (χ3n) is 8.94. The van der Waals surface area contributed by atoms with Crippen LogP contribution in [0.3, 0.4) is 0 Å². The van der Waals surface area contributed by atoms with Gasteiger partial charge in [-0.25, -0.2) is 18.2 Å². The van der Waals surface area contributed by atoms with Crippen molar-refractivity contribution in [3.63, 3.8) is 0 Å². The van der Waals surface area contributed by atoms with Gasteiger partial charge in [-0.05, 0) is 37.7 Å². The number of carbonyl (C=O) groups is 1. The number of pyridine rings is 2. The number of aromatic nitrogens is 4. The Labute approximate surface area is 287 Å². The van der Waals surface area contributed by atoms with E-state index in [1.807, 2.05) is 6.92 Å². The van der Waals surface area contributed by atoms with Crippen LogP contribution in [-0.4, -0.2) is 75.9 Å². The highest BCUT2D eigenvalue weighted by Crippen LogP contribution is 2.48. The molecule has 5 aromatic rings. The number of carbonyl (C=O) groups excluding carboxylic acids is 1. The quantitative estimate of drug-likeness (QED) is 0.0979. The molecule has 2 aliphatic rings. The lowest BCUT2D eigenvalue weighted by atomic mass is 9.94. The number of fused-ring (bicyclic) bond motifs is 3. The van der Waals surface area contributed by atoms with E-state index < -0.39 is 36.0 Å². The van der Waals surface area contributed by atoms with Gasteiger partial charge in [0, 0.05) is 60.4 Å². The lowest BCUT2D eigenvalue weighted by molar-refractivity contribution is -0.129. The van der Waals surface area contributed by atoms with Gasteiger partial charge in [0.25, 0.3) is 0 Å². The fourth-order valence-corrected chi connectivity index (χ4v) is 7.67. The summed E-state index contributed by atoms with van der Waals surface area (Å²) in [5.41, 5.74) is 1.10. The predicted molar refractivity (Wildman–Crippen MR) is 177 cm³/mol. The molecule has 50 heavy (non-hydrogen) atoms. The van der Waals surface area contributed by atoms with Gasteiger partial charge >= 0.3 is 5.92 Å². The molecule has 0 N–H and O–H groups in total. The van der Waals surface area contributed by atoms with Gasteiger partial charge in [-0.15, -0.1) is 11.3 Å². The number of nitrogens with zero attached hydrogens (tertiary/aromatic N) is 6. The van der Waals surface area contributed by atoms with E-state index in [2.05, 4.69) is 11.6 Å². The van der Waals surface area contributed by atoms with Gasteiger partial charge in [0.15, 0.2) is 0 Å². The molecule has 2 aliphatic heterocycles. The number of methoxy groups -OCH3 is 1. The molecule has 0 saturated carbocycles. The second-order valence-corrected chi connectivity index (χ2v) is 13.2. The van der Waals surface area contributed by atoms with E-state index in [1.165, 1.54) is 29.7 Å². The molecule has 4 aromatic heterocycles. The lowest BCUT2D eigenvalue weighted by Crippen LogP contribution is -2.40. The molecular weight excluding hydrogens is 679 g/mol. The number of benzene rings is 1. The average Bonchev–Trinajstić information content (AvgIpc) is 3.68. The van der Waals surface area contributed by atoms with Gasteiger partial charge in [-0.3, -0.25) is 19.4 Å². The summed E-state index contributed by atoms with van der Waals surface area (Å²) in [7, 11) is 3.03. The zero-order valence-corrected chi connectivity index (χ0v) is 28.1. The number of alkyl halides is 2. The van der Waals surface area contributed by atoms with Crippen LogP contribution in [0.1, 0.15) is 29.9 Å². The molecule has 0 bridgehead atoms. The van der Waals surface area contributed by atoms with E-state index in [0.717, 1.165) is 17.4 Å². The number of halogens is 5. The summed E-state index contributed by atoms with van der Waals surface area (Å²) in [6, 6.07) is 4.50. The van der Waals surface area contributed by atoms with Crippen molar-refractivity contribution in [3.8, 4) is 39.5 Å². The van der Waals surface area contributed by atoms with Crippen LogP contribution in [0.4, 0.5) is 22.0 Å². The summed E-state index contributed by atoms with van der Waals surface area (Å²) < 4.78 is 89.6. The Kier molecular flexibility index (Phi) is 8.68. The van der Waals surface area contributed by atoms with Gasteiger partial charge in [0.05, 0.1) is 47.4 Å². The highest BCUT2D eigenvalue weighted by Gasteiger charge is 2.41. The van der Waals surface area contributed by atoms with Crippen LogP contribution in [0.15, 0.2) is 48.5 Å². The zero-order chi connectivity index (χ0) is 35.5. The molecule has 260 valence electrons. The van der Waals surface area contributed by atoms with Crippen LogP contribution in [0.2, 0.25) is 0 Å². The van der Waals surface area contributed by atoms with Gasteiger partial charge < -0.3 is 14.4 Å². The Balaban J connectivity index is 1.51. The van der Waals surface area contributed by atoms with Crippen molar-refractivity contribution in [3.05, 3.63) is 82.9 Å². The van der Waals surface area contributed by atoms with E-state index >= 15 is 8.78 Å². The molecule has 0 aliphatic carbocycles. The molecule has 6 heterocycles. The molecule has 1 aromatic carbocycles. The molecule has 0 fully saturated rings. The van der Waals surface area contributed by atoms with Crippen LogP contribution in [0.25, 0.3) is 43.9 Å². The monoisotopic (exact) mass is 710 g/mol. The molecular formula is C35H31F5N6O3S. The second-order valence-electron chi connectivity index (χ2n) is 12.3. The summed E-state index contributed by atoms with van der Waals surface area (Å²) in [6.45, 7) is 5.84. The molecule has 15 heteroatoms. The Morgan fingerprint density at radius 3 is 2.66 bits per heavy atom. The maximum Gasteiger partial charge on any atom is 0.302 e. The van der Waals surface area contributed by atoms with Crippen molar-refractivity contribution in [2.45, 2.75) is 32.0 Å². The summed E-state index contributed by atoms with van der Waals surface area (Å²) in [4.78, 5) is 24.8. The summed E-state index contributed by atoms with van der Waals surface area (Å²) in [6.07, 6.45) is 2.50. The minimum atomic E-state index is -3.18. The van der Waals surface area contributed by atoms with Crippen LogP contribution in [0.5, 0.6) is 5.75 Å². The van der Waals surface area contributed by atoms with Crippen molar-refractivity contribution in [1.82, 2.24) is 29.5 Å². The first-order valence-corrected chi connectivity index (χ1v) is 16.6. The normalized spacial score (nSPS) is 17.1. The number of amides is 1. The average molecular weight is 711 g/mol.